The van der Waals surface area contributed by atoms with Crippen LogP contribution in [0.5, 0.6) is 0 Å². The highest BCUT2D eigenvalue weighted by atomic mass is 127. The lowest BCUT2D eigenvalue weighted by Gasteiger charge is -2.11. The highest BCUT2D eigenvalue weighted by molar-refractivity contribution is 14.1. The fourth-order valence-electron chi connectivity index (χ4n) is 2.87. The van der Waals surface area contributed by atoms with Gasteiger partial charge in [-0.25, -0.2) is 8.42 Å². The van der Waals surface area contributed by atoms with E-state index in [1.54, 1.807) is 30.3 Å². The van der Waals surface area contributed by atoms with Gasteiger partial charge in [-0.15, -0.1) is 0 Å². The van der Waals surface area contributed by atoms with Crippen molar-refractivity contribution in [3.63, 3.8) is 0 Å². The fourth-order valence-corrected chi connectivity index (χ4v) is 4.49. The smallest absolute Gasteiger partial charge is 0.181 e. The molecule has 0 N–H and O–H groups in total. The molecule has 29 heavy (non-hydrogen) atoms. The maximum Gasteiger partial charge on any atom is 0.181 e. The second-order valence-corrected chi connectivity index (χ2v) is 9.37. The summed E-state index contributed by atoms with van der Waals surface area (Å²) in [6.45, 7) is 0. The minimum Gasteiger partial charge on any atom is -0.276 e. The van der Waals surface area contributed by atoms with Gasteiger partial charge in [0.05, 0.1) is 22.4 Å². The zero-order valence-electron chi connectivity index (χ0n) is 15.9. The lowest BCUT2D eigenvalue weighted by molar-refractivity contribution is 0.599. The van der Waals surface area contributed by atoms with Crippen LogP contribution >= 0.6 is 22.6 Å². The standard InChI is InChI=1S/C24H22INO2S/c25-19-22(15-10-18-29(27,28)23-16-8-3-9-17-23)26-24(20-11-4-1-5-12-20)21-13-6-2-7-14-21/h1-17,22H,18-19H2/b15-10-/t22-/m0/s1. The van der Waals surface area contributed by atoms with Gasteiger partial charge in [-0.05, 0) is 12.1 Å². The molecule has 3 nitrogen and oxygen atoms in total. The predicted octanol–water partition coefficient (Wildman–Crippen LogP) is 5.36. The molecule has 0 aliphatic heterocycles. The van der Waals surface area contributed by atoms with Crippen LogP contribution in [0.1, 0.15) is 11.1 Å². The maximum atomic E-state index is 12.5. The molecule has 148 valence electrons. The molecule has 0 aromatic heterocycles. The second-order valence-electron chi connectivity index (χ2n) is 6.45. The Bertz CT molecular complexity index is 1020. The van der Waals surface area contributed by atoms with Crippen LogP contribution in [-0.4, -0.2) is 30.4 Å². The van der Waals surface area contributed by atoms with Crippen molar-refractivity contribution in [1.29, 1.82) is 0 Å². The van der Waals surface area contributed by atoms with Crippen molar-refractivity contribution in [3.8, 4) is 0 Å². The van der Waals surface area contributed by atoms with Crippen molar-refractivity contribution < 1.29 is 8.42 Å². The molecule has 0 saturated carbocycles. The van der Waals surface area contributed by atoms with Crippen molar-refractivity contribution in [2.75, 3.05) is 10.2 Å². The summed E-state index contributed by atoms with van der Waals surface area (Å²) in [6.07, 6.45) is 3.60. The molecule has 5 heteroatoms. The molecule has 0 saturated heterocycles. The first kappa shape index (κ1) is 21.5. The van der Waals surface area contributed by atoms with Crippen molar-refractivity contribution in [3.05, 3.63) is 114 Å². The number of rotatable bonds is 8. The molecule has 3 rings (SSSR count). The van der Waals surface area contributed by atoms with E-state index in [0.29, 0.717) is 4.90 Å². The second kappa shape index (κ2) is 10.5. The van der Waals surface area contributed by atoms with Crippen LogP contribution in [0, 0.1) is 0 Å². The molecular weight excluding hydrogens is 493 g/mol. The first-order valence-electron chi connectivity index (χ1n) is 9.29. The zero-order chi connectivity index (χ0) is 20.5. The van der Waals surface area contributed by atoms with Gasteiger partial charge in [-0.1, -0.05) is 114 Å². The van der Waals surface area contributed by atoms with Crippen LogP contribution in [0.3, 0.4) is 0 Å². The maximum absolute atomic E-state index is 12.5. The number of hydrogen-bond acceptors (Lipinski definition) is 3. The number of aliphatic imine (C=N–C) groups is 1. The van der Waals surface area contributed by atoms with Crippen molar-refractivity contribution in [1.82, 2.24) is 0 Å². The Kier molecular flexibility index (Phi) is 7.77. The van der Waals surface area contributed by atoms with E-state index < -0.39 is 9.84 Å². The van der Waals surface area contributed by atoms with Gasteiger partial charge in [0.1, 0.15) is 0 Å². The van der Waals surface area contributed by atoms with E-state index in [1.807, 2.05) is 72.8 Å². The Morgan fingerprint density at radius 1 is 0.828 bits per heavy atom. The van der Waals surface area contributed by atoms with E-state index >= 15 is 0 Å². The summed E-state index contributed by atoms with van der Waals surface area (Å²) in [4.78, 5) is 5.30. The summed E-state index contributed by atoms with van der Waals surface area (Å²) in [5, 5.41) is 0. The molecule has 0 unspecified atom stereocenters. The van der Waals surface area contributed by atoms with Crippen LogP contribution in [0.25, 0.3) is 0 Å². The average molecular weight is 515 g/mol. The summed E-state index contributed by atoms with van der Waals surface area (Å²) >= 11 is 2.29. The Morgan fingerprint density at radius 2 is 1.31 bits per heavy atom. The van der Waals surface area contributed by atoms with Crippen LogP contribution in [0.4, 0.5) is 0 Å². The Hall–Kier alpha value is -2.25. The molecule has 0 radical (unpaired) electrons. The van der Waals surface area contributed by atoms with Gasteiger partial charge in [0.25, 0.3) is 0 Å². The lowest BCUT2D eigenvalue weighted by Crippen LogP contribution is -2.12. The van der Waals surface area contributed by atoms with E-state index in [4.69, 9.17) is 4.99 Å². The highest BCUT2D eigenvalue weighted by Crippen LogP contribution is 2.15. The van der Waals surface area contributed by atoms with Gasteiger partial charge in [-0.3, -0.25) is 4.99 Å². The number of benzene rings is 3. The number of sulfone groups is 1. The molecule has 0 aliphatic carbocycles. The van der Waals surface area contributed by atoms with Crippen molar-refractivity contribution >= 4 is 38.1 Å². The molecule has 0 amide bonds. The van der Waals surface area contributed by atoms with Gasteiger partial charge < -0.3 is 0 Å². The zero-order valence-corrected chi connectivity index (χ0v) is 18.8. The first-order valence-corrected chi connectivity index (χ1v) is 12.5. The van der Waals surface area contributed by atoms with Gasteiger partial charge in [0, 0.05) is 15.6 Å². The first-order chi connectivity index (χ1) is 14.1. The normalized spacial score (nSPS) is 12.6. The third-order valence-corrected chi connectivity index (χ3v) is 6.85. The lowest BCUT2D eigenvalue weighted by atomic mass is 10.0. The van der Waals surface area contributed by atoms with E-state index in [-0.39, 0.29) is 11.8 Å². The fraction of sp³-hybridized carbons (Fsp3) is 0.125. The van der Waals surface area contributed by atoms with Gasteiger partial charge >= 0.3 is 0 Å². The van der Waals surface area contributed by atoms with Crippen molar-refractivity contribution in [2.45, 2.75) is 10.9 Å². The molecular formula is C24H22INO2S. The predicted molar refractivity (Wildman–Crippen MR) is 129 cm³/mol. The largest absolute Gasteiger partial charge is 0.276 e. The van der Waals surface area contributed by atoms with E-state index in [9.17, 15) is 8.42 Å². The summed E-state index contributed by atoms with van der Waals surface area (Å²) in [5.41, 5.74) is 2.99. The molecule has 0 fully saturated rings. The number of nitrogens with zero attached hydrogens (tertiary/aromatic N) is 1. The summed E-state index contributed by atoms with van der Waals surface area (Å²) in [5.74, 6) is -0.0360. The third kappa shape index (κ3) is 6.11. The van der Waals surface area contributed by atoms with E-state index in [1.165, 1.54) is 0 Å². The van der Waals surface area contributed by atoms with Crippen LogP contribution in [0.15, 0.2) is 113 Å². The number of halogens is 1. The van der Waals surface area contributed by atoms with E-state index in [0.717, 1.165) is 21.3 Å². The summed E-state index contributed by atoms with van der Waals surface area (Å²) in [6, 6.07) is 28.5. The minimum absolute atomic E-state index is 0.0360. The average Bonchev–Trinajstić information content (AvgIpc) is 2.78. The van der Waals surface area contributed by atoms with Crippen LogP contribution < -0.4 is 0 Å². The van der Waals surface area contributed by atoms with Crippen LogP contribution in [-0.2, 0) is 9.84 Å². The minimum atomic E-state index is -3.33. The third-order valence-electron chi connectivity index (χ3n) is 4.32. The number of hydrogen-bond donors (Lipinski definition) is 0. The quantitative estimate of drug-likeness (QED) is 0.176. The molecule has 0 aliphatic rings. The molecule has 0 bridgehead atoms. The van der Waals surface area contributed by atoms with Gasteiger partial charge in [0.15, 0.2) is 9.84 Å². The van der Waals surface area contributed by atoms with Gasteiger partial charge in [0.2, 0.25) is 0 Å². The van der Waals surface area contributed by atoms with Crippen LogP contribution in [0.2, 0.25) is 0 Å². The number of alkyl halides is 1. The molecule has 0 spiro atoms. The monoisotopic (exact) mass is 515 g/mol. The SMILES string of the molecule is O=S(=O)(C/C=C\[C@@H](CI)N=C(c1ccccc1)c1ccccc1)c1ccccc1. The topological polar surface area (TPSA) is 46.5 Å². The molecule has 3 aromatic carbocycles. The van der Waals surface area contributed by atoms with Gasteiger partial charge in [-0.2, -0.15) is 0 Å². The van der Waals surface area contributed by atoms with E-state index in [2.05, 4.69) is 22.6 Å². The Labute approximate surface area is 186 Å². The Balaban J connectivity index is 1.85. The molecule has 0 heterocycles. The summed E-state index contributed by atoms with van der Waals surface area (Å²) < 4.78 is 25.7. The molecule has 3 aromatic rings. The van der Waals surface area contributed by atoms with Crippen molar-refractivity contribution in [2.24, 2.45) is 4.99 Å². The summed E-state index contributed by atoms with van der Waals surface area (Å²) in [7, 11) is -3.33. The highest BCUT2D eigenvalue weighted by Gasteiger charge is 2.13. The molecule has 1 atom stereocenters. The Morgan fingerprint density at radius 3 is 1.79 bits per heavy atom.